The number of hydrogen-bond donors (Lipinski definition) is 1. The lowest BCUT2D eigenvalue weighted by atomic mass is 10.1. The van der Waals surface area contributed by atoms with Gasteiger partial charge in [-0.05, 0) is 44.0 Å². The van der Waals surface area contributed by atoms with Gasteiger partial charge in [-0.15, -0.1) is 10.2 Å². The Morgan fingerprint density at radius 1 is 1.19 bits per heavy atom. The van der Waals surface area contributed by atoms with Gasteiger partial charge in [0, 0.05) is 22.3 Å². The number of aryl methyl sites for hydroxylation is 2. The van der Waals surface area contributed by atoms with Gasteiger partial charge in [0.25, 0.3) is 0 Å². The Morgan fingerprint density at radius 2 is 1.96 bits per heavy atom. The van der Waals surface area contributed by atoms with Crippen LogP contribution in [0.2, 0.25) is 0 Å². The fraction of sp³-hybridized carbons (Fsp3) is 0.250. The number of carbonyl (C=O) groups is 1. The van der Waals surface area contributed by atoms with E-state index >= 15 is 0 Å². The predicted molar refractivity (Wildman–Crippen MR) is 114 cm³/mol. The minimum atomic E-state index is -0.0539. The first-order chi connectivity index (χ1) is 13.0. The minimum Gasteiger partial charge on any atom is -0.325 e. The summed E-state index contributed by atoms with van der Waals surface area (Å²) in [5.74, 6) is 1.02. The van der Waals surface area contributed by atoms with Crippen LogP contribution in [0, 0.1) is 13.8 Å². The minimum absolute atomic E-state index is 0.0539. The Balaban J connectivity index is 1.72. The third-order valence-electron chi connectivity index (χ3n) is 4.15. The summed E-state index contributed by atoms with van der Waals surface area (Å²) in [5, 5.41) is 12.3. The molecule has 1 heterocycles. The first-order valence-corrected chi connectivity index (χ1v) is 10.5. The van der Waals surface area contributed by atoms with Crippen molar-refractivity contribution in [3.05, 3.63) is 58.1 Å². The molecule has 0 radical (unpaired) electrons. The maximum atomic E-state index is 12.4. The first-order valence-electron chi connectivity index (χ1n) is 8.67. The lowest BCUT2D eigenvalue weighted by molar-refractivity contribution is -0.113. The molecule has 0 saturated carbocycles. The quantitative estimate of drug-likeness (QED) is 0.538. The number of benzene rings is 2. The van der Waals surface area contributed by atoms with Crippen LogP contribution in [0.5, 0.6) is 0 Å². The van der Waals surface area contributed by atoms with Crippen molar-refractivity contribution in [3.63, 3.8) is 0 Å². The Labute approximate surface area is 171 Å². The first kappa shape index (κ1) is 19.6. The Morgan fingerprint density at radius 3 is 2.70 bits per heavy atom. The molecule has 0 aliphatic rings. The summed E-state index contributed by atoms with van der Waals surface area (Å²) in [6, 6.07) is 13.9. The van der Waals surface area contributed by atoms with Gasteiger partial charge >= 0.3 is 0 Å². The molecule has 0 fully saturated rings. The van der Waals surface area contributed by atoms with E-state index in [-0.39, 0.29) is 11.7 Å². The van der Waals surface area contributed by atoms with Crippen LogP contribution in [0.15, 0.2) is 52.1 Å². The van der Waals surface area contributed by atoms with E-state index in [1.165, 1.54) is 11.8 Å². The Hall–Kier alpha value is -2.12. The van der Waals surface area contributed by atoms with Gasteiger partial charge in [0.15, 0.2) is 11.0 Å². The highest BCUT2D eigenvalue weighted by atomic mass is 79.9. The SMILES string of the molecule is CCn1c(SCC(=O)Nc2cc(C)ccc2C)nnc1-c1ccccc1Br. The number of hydrogen-bond acceptors (Lipinski definition) is 4. The summed E-state index contributed by atoms with van der Waals surface area (Å²) in [7, 11) is 0. The van der Waals surface area contributed by atoms with Gasteiger partial charge in [0.05, 0.1) is 5.75 Å². The van der Waals surface area contributed by atoms with Crippen LogP contribution in [0.4, 0.5) is 5.69 Å². The molecule has 3 rings (SSSR count). The number of nitrogens with zero attached hydrogens (tertiary/aromatic N) is 3. The van der Waals surface area contributed by atoms with Crippen LogP contribution < -0.4 is 5.32 Å². The largest absolute Gasteiger partial charge is 0.325 e. The number of anilines is 1. The number of aromatic nitrogens is 3. The number of thioether (sulfide) groups is 1. The number of halogens is 1. The molecule has 0 saturated heterocycles. The molecule has 0 aliphatic carbocycles. The van der Waals surface area contributed by atoms with Gasteiger partial charge in [-0.25, -0.2) is 0 Å². The zero-order chi connectivity index (χ0) is 19.4. The average Bonchev–Trinajstić information content (AvgIpc) is 3.06. The van der Waals surface area contributed by atoms with Gasteiger partial charge in [-0.2, -0.15) is 0 Å². The second-order valence-corrected chi connectivity index (χ2v) is 7.98. The van der Waals surface area contributed by atoms with E-state index in [9.17, 15) is 4.79 Å². The van der Waals surface area contributed by atoms with Crippen LogP contribution in [0.3, 0.4) is 0 Å². The highest BCUT2D eigenvalue weighted by Crippen LogP contribution is 2.29. The molecule has 0 unspecified atom stereocenters. The molecular weight excluding hydrogens is 424 g/mol. The van der Waals surface area contributed by atoms with E-state index in [0.717, 1.165) is 44.4 Å². The van der Waals surface area contributed by atoms with Crippen molar-refractivity contribution in [1.82, 2.24) is 14.8 Å². The molecule has 5 nitrogen and oxygen atoms in total. The van der Waals surface area contributed by atoms with Crippen LogP contribution in [-0.2, 0) is 11.3 Å². The fourth-order valence-electron chi connectivity index (χ4n) is 2.71. The molecule has 3 aromatic rings. The van der Waals surface area contributed by atoms with Crippen LogP contribution in [0.1, 0.15) is 18.1 Å². The number of carbonyl (C=O) groups excluding carboxylic acids is 1. The van der Waals surface area contributed by atoms with E-state index < -0.39 is 0 Å². The van der Waals surface area contributed by atoms with Crippen molar-refractivity contribution in [3.8, 4) is 11.4 Å². The van der Waals surface area contributed by atoms with Gasteiger partial charge in [-0.1, -0.05) is 58.0 Å². The molecule has 27 heavy (non-hydrogen) atoms. The topological polar surface area (TPSA) is 59.8 Å². The van der Waals surface area contributed by atoms with Gasteiger partial charge in [0.2, 0.25) is 5.91 Å². The predicted octanol–water partition coefficient (Wildman–Crippen LogP) is 5.08. The molecule has 1 N–H and O–H groups in total. The summed E-state index contributed by atoms with van der Waals surface area (Å²) in [6.07, 6.45) is 0. The zero-order valence-electron chi connectivity index (χ0n) is 15.5. The highest BCUT2D eigenvalue weighted by molar-refractivity contribution is 9.10. The molecular formula is C20H21BrN4OS. The fourth-order valence-corrected chi connectivity index (χ4v) is 3.97. The molecule has 2 aromatic carbocycles. The second-order valence-electron chi connectivity index (χ2n) is 6.19. The molecule has 0 atom stereocenters. The monoisotopic (exact) mass is 444 g/mol. The molecule has 7 heteroatoms. The molecule has 0 aliphatic heterocycles. The molecule has 1 amide bonds. The van der Waals surface area contributed by atoms with Crippen molar-refractivity contribution < 1.29 is 4.79 Å². The molecule has 0 bridgehead atoms. The highest BCUT2D eigenvalue weighted by Gasteiger charge is 2.16. The van der Waals surface area contributed by atoms with Crippen LogP contribution in [-0.4, -0.2) is 26.4 Å². The third-order valence-corrected chi connectivity index (χ3v) is 5.81. The van der Waals surface area contributed by atoms with Crippen LogP contribution in [0.25, 0.3) is 11.4 Å². The normalized spacial score (nSPS) is 10.8. The number of nitrogens with one attached hydrogen (secondary N) is 1. The van der Waals surface area contributed by atoms with E-state index in [4.69, 9.17) is 0 Å². The maximum absolute atomic E-state index is 12.4. The summed E-state index contributed by atoms with van der Waals surface area (Å²) in [4.78, 5) is 12.4. The van der Waals surface area contributed by atoms with Crippen molar-refractivity contribution in [1.29, 1.82) is 0 Å². The van der Waals surface area contributed by atoms with E-state index in [1.54, 1.807) is 0 Å². The maximum Gasteiger partial charge on any atom is 0.234 e. The Kier molecular flexibility index (Phi) is 6.34. The van der Waals surface area contributed by atoms with E-state index in [1.807, 2.05) is 67.8 Å². The van der Waals surface area contributed by atoms with Crippen molar-refractivity contribution in [2.75, 3.05) is 11.1 Å². The van der Waals surface area contributed by atoms with E-state index in [0.29, 0.717) is 0 Å². The van der Waals surface area contributed by atoms with Gasteiger partial charge in [0.1, 0.15) is 0 Å². The number of rotatable bonds is 6. The third kappa shape index (κ3) is 4.59. The molecule has 1 aromatic heterocycles. The van der Waals surface area contributed by atoms with Gasteiger partial charge in [-0.3, -0.25) is 4.79 Å². The van der Waals surface area contributed by atoms with Crippen LogP contribution >= 0.6 is 27.7 Å². The van der Waals surface area contributed by atoms with Gasteiger partial charge < -0.3 is 9.88 Å². The standard InChI is InChI=1S/C20H21BrN4OS/c1-4-25-19(15-7-5-6-8-16(15)21)23-24-20(25)27-12-18(26)22-17-11-13(2)9-10-14(17)3/h5-11H,4,12H2,1-3H3,(H,22,26). The summed E-state index contributed by atoms with van der Waals surface area (Å²) >= 11 is 4.96. The van der Waals surface area contributed by atoms with Crippen molar-refractivity contribution in [2.45, 2.75) is 32.5 Å². The van der Waals surface area contributed by atoms with Crippen molar-refractivity contribution in [2.24, 2.45) is 0 Å². The lowest BCUT2D eigenvalue weighted by Gasteiger charge is -2.10. The average molecular weight is 445 g/mol. The Bertz CT molecular complexity index is 970. The zero-order valence-corrected chi connectivity index (χ0v) is 17.9. The second kappa shape index (κ2) is 8.71. The summed E-state index contributed by atoms with van der Waals surface area (Å²) in [5.41, 5.74) is 4.00. The van der Waals surface area contributed by atoms with E-state index in [2.05, 4.69) is 31.4 Å². The molecule has 0 spiro atoms. The number of amides is 1. The summed E-state index contributed by atoms with van der Waals surface area (Å²) in [6.45, 7) is 6.77. The molecule has 140 valence electrons. The smallest absolute Gasteiger partial charge is 0.234 e. The lowest BCUT2D eigenvalue weighted by Crippen LogP contribution is -2.15. The van der Waals surface area contributed by atoms with Crippen molar-refractivity contribution >= 4 is 39.3 Å². The summed E-state index contributed by atoms with van der Waals surface area (Å²) < 4.78 is 2.99.